The number of aryl methyl sites for hydroxylation is 1. The molecule has 0 aliphatic heterocycles. The first-order valence-electron chi connectivity index (χ1n) is 3.36. The maximum Gasteiger partial charge on any atom is 0.0475 e. The van der Waals surface area contributed by atoms with Crippen molar-refractivity contribution < 1.29 is 0 Å². The zero-order valence-electron chi connectivity index (χ0n) is 5.97. The fourth-order valence-electron chi connectivity index (χ4n) is 0.805. The Bertz CT molecular complexity index is 191. The van der Waals surface area contributed by atoms with E-state index >= 15 is 0 Å². The quantitative estimate of drug-likeness (QED) is 0.598. The lowest BCUT2D eigenvalue weighted by Gasteiger charge is -1.96. The predicted molar refractivity (Wildman–Crippen MR) is 43.2 cm³/mol. The molecule has 0 fully saturated rings. The van der Waals surface area contributed by atoms with Crippen molar-refractivity contribution in [2.24, 2.45) is 0 Å². The summed E-state index contributed by atoms with van der Waals surface area (Å²) in [4.78, 5) is 4.15. The molecule has 0 aliphatic carbocycles. The van der Waals surface area contributed by atoms with E-state index in [2.05, 4.69) is 11.9 Å². The van der Waals surface area contributed by atoms with Gasteiger partial charge in [-0.2, -0.15) is 0 Å². The molecule has 1 heterocycles. The molecule has 0 unspecified atom stereocenters. The van der Waals surface area contributed by atoms with Crippen LogP contribution in [-0.4, -0.2) is 4.98 Å². The average Bonchev–Trinajstić information content (AvgIpc) is 2.05. The number of hydrogen-bond donors (Lipinski definition) is 0. The summed E-state index contributed by atoms with van der Waals surface area (Å²) in [7, 11) is 0. The summed E-state index contributed by atoms with van der Waals surface area (Å²) in [5, 5.41) is 0. The Balaban J connectivity index is 2.87. The van der Waals surface area contributed by atoms with Crippen molar-refractivity contribution in [3.8, 4) is 0 Å². The normalized spacial score (nSPS) is 9.80. The van der Waals surface area contributed by atoms with Crippen molar-refractivity contribution >= 4 is 11.6 Å². The molecule has 0 aliphatic rings. The van der Waals surface area contributed by atoms with Crippen molar-refractivity contribution in [1.29, 1.82) is 0 Å². The molecule has 1 aromatic rings. The Morgan fingerprint density at radius 1 is 1.60 bits per heavy atom. The fourth-order valence-corrected chi connectivity index (χ4v) is 0.971. The molecule has 54 valence electrons. The first-order valence-corrected chi connectivity index (χ1v) is 3.90. The van der Waals surface area contributed by atoms with E-state index in [9.17, 15) is 0 Å². The third kappa shape index (κ3) is 1.71. The molecule has 0 amide bonds. The molecule has 0 spiro atoms. The highest BCUT2D eigenvalue weighted by Gasteiger charge is 1.91. The Hall–Kier alpha value is -0.560. The molecule has 0 N–H and O–H groups in total. The van der Waals surface area contributed by atoms with E-state index < -0.39 is 0 Å². The summed E-state index contributed by atoms with van der Waals surface area (Å²) in [6.07, 6.45) is 2.78. The second-order valence-electron chi connectivity index (χ2n) is 2.14. The summed E-state index contributed by atoms with van der Waals surface area (Å²) in [5.41, 5.74) is 2.26. The summed E-state index contributed by atoms with van der Waals surface area (Å²) >= 11 is 5.63. The number of hydrogen-bond acceptors (Lipinski definition) is 1. The van der Waals surface area contributed by atoms with Crippen LogP contribution in [0, 0.1) is 0 Å². The monoisotopic (exact) mass is 155 g/mol. The van der Waals surface area contributed by atoms with Crippen LogP contribution in [0.15, 0.2) is 18.3 Å². The number of nitrogens with zero attached hydrogens (tertiary/aromatic N) is 1. The van der Waals surface area contributed by atoms with Gasteiger partial charge in [-0.1, -0.05) is 6.92 Å². The van der Waals surface area contributed by atoms with E-state index in [4.69, 9.17) is 11.6 Å². The molecule has 0 radical (unpaired) electrons. The van der Waals surface area contributed by atoms with Gasteiger partial charge in [0.2, 0.25) is 0 Å². The highest BCUT2D eigenvalue weighted by molar-refractivity contribution is 6.17. The first-order chi connectivity index (χ1) is 4.86. The smallest absolute Gasteiger partial charge is 0.0475 e. The molecule has 0 aromatic carbocycles. The zero-order chi connectivity index (χ0) is 7.40. The van der Waals surface area contributed by atoms with Gasteiger partial charge in [-0.3, -0.25) is 4.98 Å². The van der Waals surface area contributed by atoms with Gasteiger partial charge in [-0.25, -0.2) is 0 Å². The maximum atomic E-state index is 5.63. The minimum Gasteiger partial charge on any atom is -0.261 e. The van der Waals surface area contributed by atoms with E-state index in [0.29, 0.717) is 5.88 Å². The third-order valence-corrected chi connectivity index (χ3v) is 1.71. The second kappa shape index (κ2) is 3.57. The number of rotatable bonds is 2. The van der Waals surface area contributed by atoms with E-state index in [1.54, 1.807) is 6.20 Å². The van der Waals surface area contributed by atoms with Gasteiger partial charge in [0.15, 0.2) is 0 Å². The second-order valence-corrected chi connectivity index (χ2v) is 2.41. The van der Waals surface area contributed by atoms with Crippen molar-refractivity contribution in [3.63, 3.8) is 0 Å². The van der Waals surface area contributed by atoms with Crippen LogP contribution in [0.2, 0.25) is 0 Å². The predicted octanol–water partition coefficient (Wildman–Crippen LogP) is 2.38. The van der Waals surface area contributed by atoms with Crippen molar-refractivity contribution in [2.75, 3.05) is 0 Å². The fraction of sp³-hybridized carbons (Fsp3) is 0.375. The molecule has 1 nitrogen and oxygen atoms in total. The van der Waals surface area contributed by atoms with E-state index in [-0.39, 0.29) is 0 Å². The van der Waals surface area contributed by atoms with Crippen LogP contribution in [0.25, 0.3) is 0 Å². The summed E-state index contributed by atoms with van der Waals surface area (Å²) in [5.74, 6) is 0.579. The molecule has 0 saturated carbocycles. The Kier molecular flexibility index (Phi) is 2.69. The topological polar surface area (TPSA) is 12.9 Å². The summed E-state index contributed by atoms with van der Waals surface area (Å²) in [6, 6.07) is 3.97. The zero-order valence-corrected chi connectivity index (χ0v) is 6.73. The van der Waals surface area contributed by atoms with E-state index in [1.165, 1.54) is 0 Å². The summed E-state index contributed by atoms with van der Waals surface area (Å²) < 4.78 is 0. The van der Waals surface area contributed by atoms with Crippen LogP contribution >= 0.6 is 11.6 Å². The number of halogens is 1. The molecule has 2 heteroatoms. The highest BCUT2D eigenvalue weighted by Crippen LogP contribution is 2.04. The van der Waals surface area contributed by atoms with Crippen LogP contribution in [0.3, 0.4) is 0 Å². The van der Waals surface area contributed by atoms with Gasteiger partial charge in [-0.15, -0.1) is 11.6 Å². The lowest BCUT2D eigenvalue weighted by molar-refractivity contribution is 1.02. The van der Waals surface area contributed by atoms with Gasteiger partial charge >= 0.3 is 0 Å². The number of aromatic nitrogens is 1. The van der Waals surface area contributed by atoms with Crippen LogP contribution < -0.4 is 0 Å². The van der Waals surface area contributed by atoms with Gasteiger partial charge in [-0.05, 0) is 24.1 Å². The first kappa shape index (κ1) is 7.55. The standard InChI is InChI=1S/C8H10ClN/c1-2-8-5-7(6-9)3-4-10-8/h3-5H,2,6H2,1H3. The Labute approximate surface area is 66.0 Å². The largest absolute Gasteiger partial charge is 0.261 e. The van der Waals surface area contributed by atoms with E-state index in [1.807, 2.05) is 12.1 Å². The molecular formula is C8H10ClN. The lowest BCUT2D eigenvalue weighted by Crippen LogP contribution is -1.87. The molecule has 10 heavy (non-hydrogen) atoms. The molecular weight excluding hydrogens is 146 g/mol. The van der Waals surface area contributed by atoms with Crippen LogP contribution in [-0.2, 0) is 12.3 Å². The average molecular weight is 156 g/mol. The summed E-state index contributed by atoms with van der Waals surface area (Å²) in [6.45, 7) is 2.08. The lowest BCUT2D eigenvalue weighted by atomic mass is 10.2. The molecule has 1 aromatic heterocycles. The minimum atomic E-state index is 0.579. The minimum absolute atomic E-state index is 0.579. The van der Waals surface area contributed by atoms with Gasteiger partial charge in [0.05, 0.1) is 0 Å². The van der Waals surface area contributed by atoms with Crippen molar-refractivity contribution in [1.82, 2.24) is 4.98 Å². The van der Waals surface area contributed by atoms with Gasteiger partial charge in [0.1, 0.15) is 0 Å². The molecule has 0 atom stereocenters. The van der Waals surface area contributed by atoms with Gasteiger partial charge < -0.3 is 0 Å². The SMILES string of the molecule is CCc1cc(CCl)ccn1. The Morgan fingerprint density at radius 3 is 3.00 bits per heavy atom. The Morgan fingerprint density at radius 2 is 2.40 bits per heavy atom. The van der Waals surface area contributed by atoms with E-state index in [0.717, 1.165) is 17.7 Å². The van der Waals surface area contributed by atoms with Crippen molar-refractivity contribution in [2.45, 2.75) is 19.2 Å². The van der Waals surface area contributed by atoms with Crippen molar-refractivity contribution in [3.05, 3.63) is 29.6 Å². The van der Waals surface area contributed by atoms with Crippen LogP contribution in [0.1, 0.15) is 18.2 Å². The van der Waals surface area contributed by atoms with Gasteiger partial charge in [0.25, 0.3) is 0 Å². The van der Waals surface area contributed by atoms with Gasteiger partial charge in [0, 0.05) is 17.8 Å². The van der Waals surface area contributed by atoms with Crippen LogP contribution in [0.5, 0.6) is 0 Å². The highest BCUT2D eigenvalue weighted by atomic mass is 35.5. The maximum absolute atomic E-state index is 5.63. The molecule has 0 bridgehead atoms. The number of pyridine rings is 1. The third-order valence-electron chi connectivity index (χ3n) is 1.40. The molecule has 1 rings (SSSR count). The molecule has 0 saturated heterocycles. The van der Waals surface area contributed by atoms with Crippen LogP contribution in [0.4, 0.5) is 0 Å². The number of alkyl halides is 1.